The lowest BCUT2D eigenvalue weighted by Gasteiger charge is -2.08. The number of pyridine rings is 1. The third-order valence-electron chi connectivity index (χ3n) is 5.08. The normalized spacial score (nSPS) is 10.4. The largest absolute Gasteiger partial charge is 0.484 e. The quantitative estimate of drug-likeness (QED) is 0.376. The van der Waals surface area contributed by atoms with Crippen LogP contribution in [0.4, 0.5) is 5.82 Å². The zero-order chi connectivity index (χ0) is 25.5. The molecule has 10 nitrogen and oxygen atoms in total. The Morgan fingerprint density at radius 3 is 2.19 bits per heavy atom. The molecule has 36 heavy (non-hydrogen) atoms. The second kappa shape index (κ2) is 11.0. The first-order valence-corrected chi connectivity index (χ1v) is 10.8. The van der Waals surface area contributed by atoms with Crippen LogP contribution < -0.4 is 10.1 Å². The summed E-state index contributed by atoms with van der Waals surface area (Å²) in [6.45, 7) is -0.224. The molecule has 0 bridgehead atoms. The minimum Gasteiger partial charge on any atom is -0.484 e. The Kier molecular flexibility index (Phi) is 7.35. The first-order valence-electron chi connectivity index (χ1n) is 10.8. The van der Waals surface area contributed by atoms with E-state index in [4.69, 9.17) is 14.2 Å². The van der Waals surface area contributed by atoms with Gasteiger partial charge in [-0.25, -0.2) is 19.3 Å². The molecule has 0 saturated heterocycles. The summed E-state index contributed by atoms with van der Waals surface area (Å²) in [7, 11) is 2.45. The number of anilines is 1. The Balaban J connectivity index is 1.62. The summed E-state index contributed by atoms with van der Waals surface area (Å²) in [5, 5.41) is 7.18. The molecule has 0 aliphatic rings. The van der Waals surface area contributed by atoms with Gasteiger partial charge in [0, 0.05) is 11.8 Å². The summed E-state index contributed by atoms with van der Waals surface area (Å²) < 4.78 is 16.8. The number of amides is 1. The highest BCUT2D eigenvalue weighted by molar-refractivity contribution is 6.06. The van der Waals surface area contributed by atoms with Gasteiger partial charge in [-0.3, -0.25) is 4.79 Å². The van der Waals surface area contributed by atoms with Crippen LogP contribution in [-0.2, 0) is 14.3 Å². The predicted octanol–water partition coefficient (Wildman–Crippen LogP) is 3.53. The minimum atomic E-state index is -0.739. The fourth-order valence-corrected chi connectivity index (χ4v) is 3.43. The van der Waals surface area contributed by atoms with Gasteiger partial charge >= 0.3 is 11.9 Å². The Bertz CT molecular complexity index is 1370. The number of carbonyl (C=O) groups is 3. The van der Waals surface area contributed by atoms with Crippen LogP contribution in [0.3, 0.4) is 0 Å². The fourth-order valence-electron chi connectivity index (χ4n) is 3.43. The van der Waals surface area contributed by atoms with Gasteiger partial charge in [-0.2, -0.15) is 5.10 Å². The Labute approximate surface area is 206 Å². The number of methoxy groups -OCH3 is 2. The van der Waals surface area contributed by atoms with Crippen LogP contribution in [0, 0.1) is 0 Å². The summed E-state index contributed by atoms with van der Waals surface area (Å²) in [4.78, 5) is 41.5. The van der Waals surface area contributed by atoms with Crippen LogP contribution in [0.2, 0.25) is 0 Å². The number of para-hydroxylation sites is 1. The average molecular weight is 486 g/mol. The molecule has 0 atom stereocenters. The molecule has 0 spiro atoms. The second-order valence-electron chi connectivity index (χ2n) is 7.38. The van der Waals surface area contributed by atoms with E-state index in [1.54, 1.807) is 72.9 Å². The van der Waals surface area contributed by atoms with E-state index in [0.717, 1.165) is 0 Å². The first kappa shape index (κ1) is 24.1. The minimum absolute atomic E-state index is 0.0309. The zero-order valence-corrected chi connectivity index (χ0v) is 19.5. The van der Waals surface area contributed by atoms with Crippen molar-refractivity contribution in [2.45, 2.75) is 0 Å². The SMILES string of the molecule is COC(=O)c1c(-c2ccc(OCC(=O)Nc3ccccn3)cc2)nn(-c2ccccc2)c1C(=O)OC. The molecule has 2 aromatic carbocycles. The number of nitrogens with one attached hydrogen (secondary N) is 1. The van der Waals surface area contributed by atoms with E-state index in [1.165, 1.54) is 18.9 Å². The molecule has 0 fully saturated rings. The summed E-state index contributed by atoms with van der Waals surface area (Å²) in [5.41, 5.74) is 1.23. The van der Waals surface area contributed by atoms with E-state index in [9.17, 15) is 14.4 Å². The molecule has 0 aliphatic carbocycles. The summed E-state index contributed by atoms with van der Waals surface area (Å²) >= 11 is 0. The molecular weight excluding hydrogens is 464 g/mol. The topological polar surface area (TPSA) is 122 Å². The molecule has 4 aromatic rings. The molecule has 10 heteroatoms. The first-order chi connectivity index (χ1) is 17.5. The van der Waals surface area contributed by atoms with Crippen molar-refractivity contribution in [3.63, 3.8) is 0 Å². The van der Waals surface area contributed by atoms with Gasteiger partial charge in [0.2, 0.25) is 0 Å². The number of hydrogen-bond acceptors (Lipinski definition) is 8. The average Bonchev–Trinajstić information content (AvgIpc) is 3.33. The van der Waals surface area contributed by atoms with Crippen molar-refractivity contribution in [3.05, 3.63) is 90.3 Å². The van der Waals surface area contributed by atoms with E-state index >= 15 is 0 Å². The summed E-state index contributed by atoms with van der Waals surface area (Å²) in [6, 6.07) is 20.6. The molecule has 182 valence electrons. The zero-order valence-electron chi connectivity index (χ0n) is 19.5. The molecule has 2 aromatic heterocycles. The maximum Gasteiger partial charge on any atom is 0.357 e. The number of aromatic nitrogens is 3. The molecule has 1 N–H and O–H groups in total. The molecule has 0 radical (unpaired) electrons. The maximum absolute atomic E-state index is 12.7. The highest BCUT2D eigenvalue weighted by Crippen LogP contribution is 2.30. The van der Waals surface area contributed by atoms with Crippen molar-refractivity contribution < 1.29 is 28.6 Å². The molecule has 0 unspecified atom stereocenters. The van der Waals surface area contributed by atoms with Gasteiger partial charge in [-0.15, -0.1) is 0 Å². The molecule has 0 saturated carbocycles. The van der Waals surface area contributed by atoms with Crippen molar-refractivity contribution in [1.82, 2.24) is 14.8 Å². The molecular formula is C26H22N4O6. The van der Waals surface area contributed by atoms with Gasteiger partial charge in [-0.1, -0.05) is 24.3 Å². The van der Waals surface area contributed by atoms with Crippen molar-refractivity contribution in [1.29, 1.82) is 0 Å². The van der Waals surface area contributed by atoms with Gasteiger partial charge in [0.1, 0.15) is 22.8 Å². The second-order valence-corrected chi connectivity index (χ2v) is 7.38. The van der Waals surface area contributed by atoms with E-state index in [1.807, 2.05) is 6.07 Å². The molecule has 4 rings (SSSR count). The highest BCUT2D eigenvalue weighted by Gasteiger charge is 2.31. The smallest absolute Gasteiger partial charge is 0.357 e. The number of benzene rings is 2. The van der Waals surface area contributed by atoms with Crippen LogP contribution >= 0.6 is 0 Å². The Morgan fingerprint density at radius 1 is 0.861 bits per heavy atom. The van der Waals surface area contributed by atoms with Gasteiger partial charge < -0.3 is 19.5 Å². The van der Waals surface area contributed by atoms with Crippen LogP contribution in [0.25, 0.3) is 16.9 Å². The van der Waals surface area contributed by atoms with E-state index in [-0.39, 0.29) is 29.5 Å². The van der Waals surface area contributed by atoms with E-state index in [0.29, 0.717) is 22.8 Å². The van der Waals surface area contributed by atoms with Gasteiger partial charge in [0.25, 0.3) is 5.91 Å². The monoisotopic (exact) mass is 486 g/mol. The van der Waals surface area contributed by atoms with Crippen molar-refractivity contribution >= 4 is 23.7 Å². The van der Waals surface area contributed by atoms with Crippen molar-refractivity contribution in [2.75, 3.05) is 26.1 Å². The summed E-state index contributed by atoms with van der Waals surface area (Å²) in [6.07, 6.45) is 1.57. The lowest BCUT2D eigenvalue weighted by molar-refractivity contribution is -0.118. The number of hydrogen-bond donors (Lipinski definition) is 1. The van der Waals surface area contributed by atoms with Crippen LogP contribution in [-0.4, -0.2) is 53.4 Å². The molecule has 2 heterocycles. The van der Waals surface area contributed by atoms with Gasteiger partial charge in [0.15, 0.2) is 12.3 Å². The van der Waals surface area contributed by atoms with E-state index < -0.39 is 11.9 Å². The van der Waals surface area contributed by atoms with Crippen molar-refractivity contribution in [3.8, 4) is 22.7 Å². The lowest BCUT2D eigenvalue weighted by atomic mass is 10.1. The Morgan fingerprint density at radius 2 is 1.56 bits per heavy atom. The molecule has 0 aliphatic heterocycles. The van der Waals surface area contributed by atoms with Crippen LogP contribution in [0.5, 0.6) is 5.75 Å². The number of esters is 2. The number of ether oxygens (including phenoxy) is 3. The molecule has 1 amide bonds. The van der Waals surface area contributed by atoms with Crippen LogP contribution in [0.15, 0.2) is 79.0 Å². The lowest BCUT2D eigenvalue weighted by Crippen LogP contribution is -2.20. The van der Waals surface area contributed by atoms with Gasteiger partial charge in [0.05, 0.1) is 19.9 Å². The number of carbonyl (C=O) groups excluding carboxylic acids is 3. The predicted molar refractivity (Wildman–Crippen MR) is 130 cm³/mol. The van der Waals surface area contributed by atoms with E-state index in [2.05, 4.69) is 15.4 Å². The fraction of sp³-hybridized carbons (Fsp3) is 0.115. The third kappa shape index (κ3) is 5.22. The number of rotatable bonds is 8. The van der Waals surface area contributed by atoms with Crippen molar-refractivity contribution in [2.24, 2.45) is 0 Å². The standard InChI is InChI=1S/C26H22N4O6/c1-34-25(32)22-23(29-30(24(22)26(33)35-2)18-8-4-3-5-9-18)17-11-13-19(14-12-17)36-16-21(31)28-20-10-6-7-15-27-20/h3-15H,16H2,1-2H3,(H,27,28,31). The maximum atomic E-state index is 12.7. The summed E-state index contributed by atoms with van der Waals surface area (Å²) in [5.74, 6) is -0.997. The number of nitrogens with zero attached hydrogens (tertiary/aromatic N) is 3. The Hall–Kier alpha value is -4.99. The van der Waals surface area contributed by atoms with Crippen LogP contribution in [0.1, 0.15) is 20.8 Å². The van der Waals surface area contributed by atoms with Gasteiger partial charge in [-0.05, 0) is 48.5 Å². The third-order valence-corrected chi connectivity index (χ3v) is 5.08. The highest BCUT2D eigenvalue weighted by atomic mass is 16.5.